The number of aromatic nitrogens is 7. The predicted molar refractivity (Wildman–Crippen MR) is 262 cm³/mol. The zero-order chi connectivity index (χ0) is 52.5. The van der Waals surface area contributed by atoms with Gasteiger partial charge in [0.1, 0.15) is 26.9 Å². The van der Waals surface area contributed by atoms with Crippen molar-refractivity contribution >= 4 is 70.2 Å². The fraction of sp³-hybridized carbons (Fsp3) is 0.182. The van der Waals surface area contributed by atoms with E-state index in [4.69, 9.17) is 64.3 Å². The van der Waals surface area contributed by atoms with E-state index in [2.05, 4.69) is 97.4 Å². The SMILES string of the molecule is CC(=O)[O-].CC(=O)[O-].CC(=O)[O-].CC(=O)[O-].C[n+]1ccc(-c2c3nc(c(-c4cc[n+](C)cc4)c4ccc([n-]4)c(-c4cc[n+](C)cc4)c4nc(c(-c5ccc(OCCCO)cc5)c5ccc2[n-]5)C=C4)C=C3)cc1.[Mn+3]. The van der Waals surface area contributed by atoms with Gasteiger partial charge in [0.25, 0.3) is 0 Å². The Balaban J connectivity index is 0.000000599. The van der Waals surface area contributed by atoms with Crippen molar-refractivity contribution in [2.45, 2.75) is 34.1 Å². The first-order valence-corrected chi connectivity index (χ1v) is 22.3. The number of aliphatic carboxylic acids is 4. The van der Waals surface area contributed by atoms with Gasteiger partial charge in [0, 0.05) is 73.3 Å². The predicted octanol–water partition coefficient (Wildman–Crippen LogP) is 1.84. The largest absolute Gasteiger partial charge is 3.00 e. The number of benzene rings is 1. The molecule has 1 aromatic carbocycles. The molecule has 18 heteroatoms. The fourth-order valence-electron chi connectivity index (χ4n) is 7.25. The molecule has 0 saturated heterocycles. The Labute approximate surface area is 432 Å². The molecule has 7 aromatic rings. The molecule has 2 aliphatic rings. The van der Waals surface area contributed by atoms with Crippen molar-refractivity contribution in [3.63, 3.8) is 0 Å². The number of rotatable bonds is 8. The number of ether oxygens (including phenoxy) is 1. The van der Waals surface area contributed by atoms with Gasteiger partial charge in [-0.1, -0.05) is 36.4 Å². The molecule has 0 amide bonds. The monoisotopic (exact) mass is 1030 g/mol. The summed E-state index contributed by atoms with van der Waals surface area (Å²) in [6.45, 7) is 4.42. The number of hydrogen-bond acceptors (Lipinski definition) is 12. The molecule has 0 atom stereocenters. The summed E-state index contributed by atoms with van der Waals surface area (Å²) in [5, 5.41) is 44.8. The van der Waals surface area contributed by atoms with Gasteiger partial charge in [-0.25, -0.2) is 23.7 Å². The maximum absolute atomic E-state index is 9.26. The molecule has 2 aliphatic heterocycles. The van der Waals surface area contributed by atoms with E-state index in [1.165, 1.54) is 0 Å². The summed E-state index contributed by atoms with van der Waals surface area (Å²) >= 11 is 0. The van der Waals surface area contributed by atoms with E-state index in [0.29, 0.717) is 13.0 Å². The van der Waals surface area contributed by atoms with Crippen LogP contribution in [0.5, 0.6) is 5.75 Å². The first-order valence-electron chi connectivity index (χ1n) is 22.3. The molecule has 73 heavy (non-hydrogen) atoms. The number of nitrogens with zero attached hydrogens (tertiary/aromatic N) is 7. The Morgan fingerprint density at radius 3 is 0.959 bits per heavy atom. The molecule has 0 aliphatic carbocycles. The van der Waals surface area contributed by atoms with Gasteiger partial charge in [-0.2, -0.15) is 0 Å². The third-order valence-electron chi connectivity index (χ3n) is 10.1. The van der Waals surface area contributed by atoms with E-state index < -0.39 is 23.9 Å². The van der Waals surface area contributed by atoms with Crippen LogP contribution in [0.15, 0.2) is 122 Å². The van der Waals surface area contributed by atoms with Crippen molar-refractivity contribution in [2.75, 3.05) is 13.2 Å². The molecule has 9 rings (SSSR count). The second-order valence-corrected chi connectivity index (χ2v) is 16.0. The van der Waals surface area contributed by atoms with Crippen molar-refractivity contribution in [1.29, 1.82) is 0 Å². The zero-order valence-electron chi connectivity index (χ0n) is 41.1. The molecule has 0 unspecified atom stereocenters. The van der Waals surface area contributed by atoms with Crippen molar-refractivity contribution in [3.05, 3.63) is 145 Å². The zero-order valence-corrected chi connectivity index (χ0v) is 42.3. The van der Waals surface area contributed by atoms with Crippen LogP contribution in [0, 0.1) is 0 Å². The summed E-state index contributed by atoms with van der Waals surface area (Å²) in [5.74, 6) is -3.60. The number of carbonyl (C=O) groups excluding carboxylic acids is 4. The molecule has 1 N–H and O–H groups in total. The molecule has 8 bridgehead atoms. The second-order valence-electron chi connectivity index (χ2n) is 16.0. The first kappa shape index (κ1) is 57.0. The van der Waals surface area contributed by atoms with Gasteiger partial charge < -0.3 is 59.4 Å². The third kappa shape index (κ3) is 16.5. The van der Waals surface area contributed by atoms with Crippen molar-refractivity contribution in [3.8, 4) is 50.3 Å². The van der Waals surface area contributed by atoms with E-state index >= 15 is 0 Å². The average Bonchev–Trinajstić information content (AvgIpc) is 4.17. The Morgan fingerprint density at radius 1 is 0.466 bits per heavy atom. The number of carboxylic acid groups (broad SMARTS) is 4. The van der Waals surface area contributed by atoms with E-state index in [1.54, 1.807) is 0 Å². The Morgan fingerprint density at radius 2 is 0.712 bits per heavy atom. The first-order chi connectivity index (χ1) is 34.3. The van der Waals surface area contributed by atoms with Gasteiger partial charge in [0.15, 0.2) is 37.2 Å². The van der Waals surface area contributed by atoms with Gasteiger partial charge in [-0.05, 0) is 109 Å². The van der Waals surface area contributed by atoms with Crippen LogP contribution >= 0.6 is 0 Å². The van der Waals surface area contributed by atoms with Crippen molar-refractivity contribution < 1.29 is 80.2 Å². The number of hydrogen-bond donors (Lipinski definition) is 1. The van der Waals surface area contributed by atoms with E-state index in [-0.39, 0.29) is 23.7 Å². The summed E-state index contributed by atoms with van der Waals surface area (Å²) in [4.78, 5) is 57.0. The molecule has 374 valence electrons. The van der Waals surface area contributed by atoms with E-state index in [0.717, 1.165) is 123 Å². The van der Waals surface area contributed by atoms with Gasteiger partial charge in [0.05, 0.1) is 29.4 Å². The molecule has 0 fully saturated rings. The Hall–Kier alpha value is -8.57. The van der Waals surface area contributed by atoms with Crippen LogP contribution in [0.25, 0.3) is 90.9 Å². The van der Waals surface area contributed by atoms with Crippen molar-refractivity contribution in [1.82, 2.24) is 19.9 Å². The molecular weight excluding hydrogens is 974 g/mol. The van der Waals surface area contributed by atoms with Crippen LogP contribution in [0.1, 0.15) is 56.9 Å². The van der Waals surface area contributed by atoms with Gasteiger partial charge >= 0.3 is 17.1 Å². The van der Waals surface area contributed by atoms with Gasteiger partial charge in [0.2, 0.25) is 0 Å². The molecule has 8 heterocycles. The number of fused-ring (bicyclic) bond motifs is 8. The topological polar surface area (TPSA) is 256 Å². The van der Waals surface area contributed by atoms with E-state index in [1.807, 2.05) is 83.9 Å². The van der Waals surface area contributed by atoms with Gasteiger partial charge in [-0.3, -0.25) is 0 Å². The minimum Gasteiger partial charge on any atom is -0.657 e. The standard InChI is InChI=1S/C47H40N7O2.4C2H4O2.Mn/c1-52-23-17-32(18-24-52)45-38-11-9-36(48-38)44(31-5-7-35(8-6-31)56-30-4-29-55)37-10-12-39(49-37)46(33-19-25-53(2)26-20-33)41-14-16-43(51-41)47(42-15-13-40(45)50-42)34-21-27-54(3)28-22-34;4*1-2(3)4;/h5-28,55H,4,29-30H2,1-3H3;4*1H3,(H,3,4);/q+1;;;;;+3/p-4. The summed E-state index contributed by atoms with van der Waals surface area (Å²) in [5.41, 5.74) is 14.2. The number of carbonyl (C=O) groups is 4. The van der Waals surface area contributed by atoms with Crippen LogP contribution in [-0.4, -0.2) is 52.2 Å². The van der Waals surface area contributed by atoms with Crippen LogP contribution in [-0.2, 0) is 57.4 Å². The van der Waals surface area contributed by atoms with Crippen LogP contribution in [0.3, 0.4) is 0 Å². The molecular formula is C55H52MnN7O10. The summed E-state index contributed by atoms with van der Waals surface area (Å²) in [6.07, 6.45) is 21.2. The number of pyridine rings is 3. The second kappa shape index (κ2) is 27.1. The summed E-state index contributed by atoms with van der Waals surface area (Å²) in [6, 6.07) is 29.0. The maximum Gasteiger partial charge on any atom is 3.00 e. The summed E-state index contributed by atoms with van der Waals surface area (Å²) in [7, 11) is 6.04. The average molecular weight is 1030 g/mol. The summed E-state index contributed by atoms with van der Waals surface area (Å²) < 4.78 is 12.0. The smallest absolute Gasteiger partial charge is 0.657 e. The number of aliphatic hydroxyl groups excluding tert-OH is 1. The molecule has 0 radical (unpaired) electrons. The maximum atomic E-state index is 9.26. The Kier molecular flexibility index (Phi) is 21.2. The van der Waals surface area contributed by atoms with Gasteiger partial charge in [-0.15, -0.1) is 22.1 Å². The van der Waals surface area contributed by atoms with E-state index in [9.17, 15) is 5.11 Å². The minimum absolute atomic E-state index is 0. The molecule has 0 saturated carbocycles. The molecule has 6 aromatic heterocycles. The molecule has 17 nitrogen and oxygen atoms in total. The number of carboxylic acids is 4. The van der Waals surface area contributed by atoms with Crippen LogP contribution < -0.4 is 48.8 Å². The molecule has 0 spiro atoms. The van der Waals surface area contributed by atoms with Crippen LogP contribution in [0.2, 0.25) is 0 Å². The number of aliphatic hydroxyl groups is 1. The third-order valence-corrected chi connectivity index (χ3v) is 10.1. The Bertz CT molecular complexity index is 3170. The van der Waals surface area contributed by atoms with Crippen molar-refractivity contribution in [2.24, 2.45) is 21.1 Å². The normalized spacial score (nSPS) is 10.6. The number of aryl methyl sites for hydroxylation is 3. The minimum atomic E-state index is -1.08. The fourth-order valence-corrected chi connectivity index (χ4v) is 7.25. The quantitative estimate of drug-likeness (QED) is 0.130. The van der Waals surface area contributed by atoms with Crippen LogP contribution in [0.4, 0.5) is 0 Å².